The number of fused-ring (bicyclic) bond motifs is 1. The fraction of sp³-hybridized carbons (Fsp3) is 0.562. The highest BCUT2D eigenvalue weighted by atomic mass is 32.1. The van der Waals surface area contributed by atoms with Crippen LogP contribution in [-0.4, -0.2) is 36.6 Å². The molecule has 1 unspecified atom stereocenters. The van der Waals surface area contributed by atoms with Crippen molar-refractivity contribution in [2.75, 3.05) is 26.7 Å². The largest absolute Gasteiger partial charge is 0.310 e. The highest BCUT2D eigenvalue weighted by molar-refractivity contribution is 7.17. The molecule has 0 saturated carbocycles. The quantitative estimate of drug-likeness (QED) is 0.936. The molecular formula is C16H23N3S. The van der Waals surface area contributed by atoms with Crippen LogP contribution in [0.5, 0.6) is 0 Å². The zero-order valence-corrected chi connectivity index (χ0v) is 13.1. The lowest BCUT2D eigenvalue weighted by Gasteiger charge is -2.30. The van der Waals surface area contributed by atoms with E-state index in [0.29, 0.717) is 6.04 Å². The molecule has 2 aromatic rings. The van der Waals surface area contributed by atoms with Gasteiger partial charge in [0.15, 0.2) is 0 Å². The van der Waals surface area contributed by atoms with E-state index in [1.807, 2.05) is 6.20 Å². The van der Waals surface area contributed by atoms with Crippen molar-refractivity contribution in [2.24, 2.45) is 5.92 Å². The highest BCUT2D eigenvalue weighted by Gasteiger charge is 2.17. The first-order chi connectivity index (χ1) is 9.72. The van der Waals surface area contributed by atoms with Crippen LogP contribution in [0.3, 0.4) is 0 Å². The molecule has 0 bridgehead atoms. The number of piperidine rings is 1. The molecule has 0 amide bonds. The van der Waals surface area contributed by atoms with E-state index in [1.54, 1.807) is 11.3 Å². The maximum absolute atomic E-state index is 4.53. The second kappa shape index (κ2) is 6.20. The van der Waals surface area contributed by atoms with Crippen molar-refractivity contribution in [3.05, 3.63) is 29.3 Å². The van der Waals surface area contributed by atoms with E-state index in [4.69, 9.17) is 0 Å². The highest BCUT2D eigenvalue weighted by Crippen LogP contribution is 2.23. The summed E-state index contributed by atoms with van der Waals surface area (Å²) in [5.41, 5.74) is 2.41. The minimum Gasteiger partial charge on any atom is -0.310 e. The molecule has 108 valence electrons. The summed E-state index contributed by atoms with van der Waals surface area (Å²) < 4.78 is 1.29. The second-order valence-electron chi connectivity index (χ2n) is 5.95. The Hall–Kier alpha value is -0.970. The Morgan fingerprint density at radius 2 is 2.25 bits per heavy atom. The molecule has 3 rings (SSSR count). The summed E-state index contributed by atoms with van der Waals surface area (Å²) in [4.78, 5) is 6.96. The Morgan fingerprint density at radius 1 is 1.45 bits per heavy atom. The van der Waals surface area contributed by atoms with E-state index < -0.39 is 0 Å². The van der Waals surface area contributed by atoms with Crippen molar-refractivity contribution >= 4 is 21.6 Å². The summed E-state index contributed by atoms with van der Waals surface area (Å²) >= 11 is 1.77. The lowest BCUT2D eigenvalue weighted by molar-refractivity contribution is 0.213. The zero-order chi connectivity index (χ0) is 13.9. The Labute approximate surface area is 125 Å². The molecule has 1 aliphatic rings. The summed E-state index contributed by atoms with van der Waals surface area (Å²) in [5, 5.41) is 5.80. The molecule has 0 radical (unpaired) electrons. The molecule has 0 aliphatic carbocycles. The number of pyridine rings is 1. The maximum Gasteiger partial charge on any atom is 0.0809 e. The van der Waals surface area contributed by atoms with Crippen molar-refractivity contribution in [1.82, 2.24) is 15.2 Å². The first-order valence-electron chi connectivity index (χ1n) is 7.47. The molecule has 1 aliphatic heterocycles. The van der Waals surface area contributed by atoms with Gasteiger partial charge in [0.25, 0.3) is 0 Å². The van der Waals surface area contributed by atoms with E-state index in [9.17, 15) is 0 Å². The Kier molecular flexibility index (Phi) is 4.34. The van der Waals surface area contributed by atoms with Crippen LogP contribution in [0.1, 0.15) is 31.4 Å². The standard InChI is InChI=1S/C16H23N3S/c1-12(17-10-13-3-6-19(2)7-4-13)14-9-16-15(18-11-14)5-8-20-16/h5,8-9,11-13,17H,3-4,6-7,10H2,1-2H3. The maximum atomic E-state index is 4.53. The van der Waals surface area contributed by atoms with Gasteiger partial charge in [0.2, 0.25) is 0 Å². The summed E-state index contributed by atoms with van der Waals surface area (Å²) in [6.45, 7) is 5.84. The number of likely N-dealkylation sites (tertiary alicyclic amines) is 1. The number of hydrogen-bond donors (Lipinski definition) is 1. The molecule has 1 atom stereocenters. The van der Waals surface area contributed by atoms with Gasteiger partial charge in [0.1, 0.15) is 0 Å². The van der Waals surface area contributed by atoms with Crippen molar-refractivity contribution in [3.8, 4) is 0 Å². The van der Waals surface area contributed by atoms with Crippen LogP contribution >= 0.6 is 11.3 Å². The third-order valence-electron chi connectivity index (χ3n) is 4.37. The molecule has 1 N–H and O–H groups in total. The van der Waals surface area contributed by atoms with Crippen LogP contribution in [0.25, 0.3) is 10.2 Å². The molecule has 3 heterocycles. The predicted molar refractivity (Wildman–Crippen MR) is 86.3 cm³/mol. The topological polar surface area (TPSA) is 28.2 Å². The van der Waals surface area contributed by atoms with Gasteiger partial charge in [-0.3, -0.25) is 4.98 Å². The van der Waals surface area contributed by atoms with E-state index in [2.05, 4.69) is 46.7 Å². The average Bonchev–Trinajstić information content (AvgIpc) is 2.93. The predicted octanol–water partition coefficient (Wildman–Crippen LogP) is 3.29. The Morgan fingerprint density at radius 3 is 3.05 bits per heavy atom. The molecule has 0 aromatic carbocycles. The first-order valence-corrected chi connectivity index (χ1v) is 8.35. The third-order valence-corrected chi connectivity index (χ3v) is 5.23. The lowest BCUT2D eigenvalue weighted by atomic mass is 9.96. The first kappa shape index (κ1) is 14.0. The second-order valence-corrected chi connectivity index (χ2v) is 6.90. The summed E-state index contributed by atoms with van der Waals surface area (Å²) in [6, 6.07) is 4.74. The monoisotopic (exact) mass is 289 g/mol. The van der Waals surface area contributed by atoms with Gasteiger partial charge in [-0.25, -0.2) is 0 Å². The van der Waals surface area contributed by atoms with Gasteiger partial charge in [-0.05, 0) is 75.4 Å². The van der Waals surface area contributed by atoms with E-state index in [1.165, 1.54) is 36.2 Å². The van der Waals surface area contributed by atoms with Crippen LogP contribution in [0.4, 0.5) is 0 Å². The fourth-order valence-corrected chi connectivity index (χ4v) is 3.62. The number of nitrogens with zero attached hydrogens (tertiary/aromatic N) is 2. The van der Waals surface area contributed by atoms with Gasteiger partial charge < -0.3 is 10.2 Å². The molecule has 1 saturated heterocycles. The smallest absolute Gasteiger partial charge is 0.0809 e. The minimum absolute atomic E-state index is 0.383. The van der Waals surface area contributed by atoms with Gasteiger partial charge >= 0.3 is 0 Å². The van der Waals surface area contributed by atoms with Gasteiger partial charge in [-0.2, -0.15) is 0 Å². The number of hydrogen-bond acceptors (Lipinski definition) is 4. The zero-order valence-electron chi connectivity index (χ0n) is 12.3. The van der Waals surface area contributed by atoms with Crippen LogP contribution in [0.15, 0.2) is 23.7 Å². The SMILES string of the molecule is CC(NCC1CCN(C)CC1)c1cnc2ccsc2c1. The van der Waals surface area contributed by atoms with Crippen LogP contribution in [0, 0.1) is 5.92 Å². The van der Waals surface area contributed by atoms with Crippen molar-refractivity contribution in [1.29, 1.82) is 0 Å². The molecule has 2 aromatic heterocycles. The van der Waals surface area contributed by atoms with Gasteiger partial charge in [0, 0.05) is 12.2 Å². The fourth-order valence-electron chi connectivity index (χ4n) is 2.83. The van der Waals surface area contributed by atoms with Crippen LogP contribution in [-0.2, 0) is 0 Å². The molecular weight excluding hydrogens is 266 g/mol. The van der Waals surface area contributed by atoms with Crippen molar-refractivity contribution in [3.63, 3.8) is 0 Å². The molecule has 4 heteroatoms. The summed E-state index contributed by atoms with van der Waals surface area (Å²) in [6.07, 6.45) is 4.65. The van der Waals surface area contributed by atoms with Crippen molar-refractivity contribution in [2.45, 2.75) is 25.8 Å². The molecule has 20 heavy (non-hydrogen) atoms. The molecule has 3 nitrogen and oxygen atoms in total. The van der Waals surface area contributed by atoms with E-state index >= 15 is 0 Å². The number of nitrogens with one attached hydrogen (secondary N) is 1. The van der Waals surface area contributed by atoms with E-state index in [0.717, 1.165) is 18.0 Å². The van der Waals surface area contributed by atoms with Gasteiger partial charge in [-0.1, -0.05) is 0 Å². The molecule has 1 fully saturated rings. The normalized spacial score (nSPS) is 19.5. The average molecular weight is 289 g/mol. The van der Waals surface area contributed by atoms with E-state index in [-0.39, 0.29) is 0 Å². The Bertz CT molecular complexity index is 558. The number of rotatable bonds is 4. The van der Waals surface area contributed by atoms with Crippen LogP contribution in [0.2, 0.25) is 0 Å². The van der Waals surface area contributed by atoms with Gasteiger partial charge in [0.05, 0.1) is 10.2 Å². The summed E-state index contributed by atoms with van der Waals surface area (Å²) in [7, 11) is 2.22. The van der Waals surface area contributed by atoms with Gasteiger partial charge in [-0.15, -0.1) is 11.3 Å². The minimum atomic E-state index is 0.383. The Balaban J connectivity index is 1.57. The third kappa shape index (κ3) is 3.19. The summed E-state index contributed by atoms with van der Waals surface area (Å²) in [5.74, 6) is 0.826. The van der Waals surface area contributed by atoms with Crippen LogP contribution < -0.4 is 5.32 Å². The number of aromatic nitrogens is 1. The van der Waals surface area contributed by atoms with Crippen molar-refractivity contribution < 1.29 is 0 Å². The lowest BCUT2D eigenvalue weighted by Crippen LogP contribution is -2.35. The number of thiophene rings is 1. The molecule has 0 spiro atoms.